The Morgan fingerprint density at radius 3 is 2.80 bits per heavy atom. The highest BCUT2D eigenvalue weighted by atomic mass is 16.5. The molecule has 0 aromatic rings. The number of nitrogens with zero attached hydrogens (tertiary/aromatic N) is 1. The topological polar surface area (TPSA) is 62.1 Å². The molecular weight excluding hydrogens is 192 g/mol. The molecule has 1 saturated heterocycles. The third kappa shape index (κ3) is 3.52. The van der Waals surface area contributed by atoms with E-state index in [1.165, 1.54) is 0 Å². The summed E-state index contributed by atoms with van der Waals surface area (Å²) in [6.07, 6.45) is 1.92. The maximum Gasteiger partial charge on any atom is 0.237 e. The summed E-state index contributed by atoms with van der Waals surface area (Å²) in [5.74, 6) is -0.658. The number of hydrogen-bond acceptors (Lipinski definition) is 3. The number of rotatable bonds is 3. The second-order valence-electron chi connectivity index (χ2n) is 4.27. The molecule has 4 heteroatoms. The molecule has 1 amide bonds. The van der Waals surface area contributed by atoms with Crippen LogP contribution < -0.4 is 5.32 Å². The molecule has 2 atom stereocenters. The molecule has 1 aliphatic rings. The fourth-order valence-electron chi connectivity index (χ4n) is 1.66. The van der Waals surface area contributed by atoms with Gasteiger partial charge in [0.05, 0.1) is 18.7 Å². The van der Waals surface area contributed by atoms with Crippen molar-refractivity contribution in [3.05, 3.63) is 0 Å². The Kier molecular flexibility index (Phi) is 4.57. The van der Waals surface area contributed by atoms with E-state index >= 15 is 0 Å². The lowest BCUT2D eigenvalue weighted by atomic mass is 9.96. The van der Waals surface area contributed by atoms with Crippen molar-refractivity contribution in [2.24, 2.45) is 11.8 Å². The molecule has 1 fully saturated rings. The molecule has 0 spiro atoms. The molecule has 0 aliphatic carbocycles. The molecule has 1 rings (SSSR count). The average Bonchev–Trinajstić information content (AvgIpc) is 2.19. The van der Waals surface area contributed by atoms with Crippen LogP contribution in [0.25, 0.3) is 0 Å². The molecule has 1 heterocycles. The maximum atomic E-state index is 11.7. The molecule has 0 radical (unpaired) electrons. The van der Waals surface area contributed by atoms with Gasteiger partial charge in [0.2, 0.25) is 5.91 Å². The van der Waals surface area contributed by atoms with Gasteiger partial charge in [0.1, 0.15) is 5.92 Å². The number of hydrogen-bond donors (Lipinski definition) is 1. The van der Waals surface area contributed by atoms with Crippen molar-refractivity contribution in [2.75, 3.05) is 13.2 Å². The lowest BCUT2D eigenvalue weighted by molar-refractivity contribution is -0.126. The van der Waals surface area contributed by atoms with Crippen molar-refractivity contribution >= 4 is 5.91 Å². The molecule has 0 bridgehead atoms. The van der Waals surface area contributed by atoms with Gasteiger partial charge in [0, 0.05) is 6.61 Å². The van der Waals surface area contributed by atoms with Crippen LogP contribution in [0.2, 0.25) is 0 Å². The van der Waals surface area contributed by atoms with Gasteiger partial charge < -0.3 is 10.1 Å². The van der Waals surface area contributed by atoms with Crippen LogP contribution in [-0.4, -0.2) is 25.2 Å². The summed E-state index contributed by atoms with van der Waals surface area (Å²) in [7, 11) is 0. The van der Waals surface area contributed by atoms with E-state index < -0.39 is 5.92 Å². The quantitative estimate of drug-likeness (QED) is 0.758. The zero-order valence-electron chi connectivity index (χ0n) is 9.32. The predicted molar refractivity (Wildman–Crippen MR) is 55.9 cm³/mol. The van der Waals surface area contributed by atoms with Crippen molar-refractivity contribution in [2.45, 2.75) is 32.7 Å². The van der Waals surface area contributed by atoms with Crippen molar-refractivity contribution < 1.29 is 9.53 Å². The van der Waals surface area contributed by atoms with Gasteiger partial charge in [0.15, 0.2) is 0 Å². The minimum absolute atomic E-state index is 0.0551. The maximum absolute atomic E-state index is 11.7. The molecule has 0 saturated carbocycles. The molecular formula is C11H18N2O2. The molecule has 2 unspecified atom stereocenters. The standard InChI is InChI=1S/C11H18N2O2/c1-8(2)10(6-12)11(14)13-9-4-3-5-15-7-9/h8-10H,3-5,7H2,1-2H3,(H,13,14). The summed E-state index contributed by atoms with van der Waals surface area (Å²) < 4.78 is 5.26. The largest absolute Gasteiger partial charge is 0.379 e. The normalized spacial score (nSPS) is 23.2. The summed E-state index contributed by atoms with van der Waals surface area (Å²) in [5.41, 5.74) is 0. The lowest BCUT2D eigenvalue weighted by Crippen LogP contribution is -2.44. The van der Waals surface area contributed by atoms with E-state index in [1.54, 1.807) is 0 Å². The minimum atomic E-state index is -0.549. The number of nitriles is 1. The van der Waals surface area contributed by atoms with Gasteiger partial charge >= 0.3 is 0 Å². The van der Waals surface area contributed by atoms with Crippen molar-refractivity contribution in [3.63, 3.8) is 0 Å². The summed E-state index contributed by atoms with van der Waals surface area (Å²) in [4.78, 5) is 11.7. The first kappa shape index (κ1) is 12.0. The van der Waals surface area contributed by atoms with Crippen LogP contribution in [0.1, 0.15) is 26.7 Å². The number of ether oxygens (including phenoxy) is 1. The Morgan fingerprint density at radius 2 is 2.33 bits per heavy atom. The van der Waals surface area contributed by atoms with Crippen LogP contribution >= 0.6 is 0 Å². The number of amides is 1. The number of nitrogens with one attached hydrogen (secondary N) is 1. The monoisotopic (exact) mass is 210 g/mol. The summed E-state index contributed by atoms with van der Waals surface area (Å²) in [6.45, 7) is 5.11. The second kappa shape index (κ2) is 5.72. The predicted octanol–water partition coefficient (Wildman–Crippen LogP) is 1.08. The minimum Gasteiger partial charge on any atom is -0.379 e. The number of carbonyl (C=O) groups is 1. The first-order valence-corrected chi connectivity index (χ1v) is 5.43. The Balaban J connectivity index is 2.43. The average molecular weight is 210 g/mol. The second-order valence-corrected chi connectivity index (χ2v) is 4.27. The molecule has 15 heavy (non-hydrogen) atoms. The summed E-state index contributed by atoms with van der Waals surface area (Å²) in [6, 6.07) is 2.12. The van der Waals surface area contributed by atoms with Gasteiger partial charge in [-0.3, -0.25) is 4.79 Å². The van der Waals surface area contributed by atoms with Crippen molar-refractivity contribution in [3.8, 4) is 6.07 Å². The zero-order chi connectivity index (χ0) is 11.3. The molecule has 4 nitrogen and oxygen atoms in total. The first-order chi connectivity index (χ1) is 7.15. The molecule has 1 N–H and O–H groups in total. The van der Waals surface area contributed by atoms with E-state index in [4.69, 9.17) is 10.00 Å². The van der Waals surface area contributed by atoms with Crippen LogP contribution in [0.15, 0.2) is 0 Å². The third-order valence-corrected chi connectivity index (χ3v) is 2.59. The fraction of sp³-hybridized carbons (Fsp3) is 0.818. The Bertz CT molecular complexity index is 252. The fourth-order valence-corrected chi connectivity index (χ4v) is 1.66. The molecule has 1 aliphatic heterocycles. The van der Waals surface area contributed by atoms with Gasteiger partial charge in [-0.15, -0.1) is 0 Å². The van der Waals surface area contributed by atoms with Crippen LogP contribution in [0.5, 0.6) is 0 Å². The van der Waals surface area contributed by atoms with E-state index in [0.29, 0.717) is 6.61 Å². The van der Waals surface area contributed by atoms with Crippen molar-refractivity contribution in [1.82, 2.24) is 5.32 Å². The first-order valence-electron chi connectivity index (χ1n) is 5.43. The Hall–Kier alpha value is -1.08. The van der Waals surface area contributed by atoms with Crippen LogP contribution in [0.3, 0.4) is 0 Å². The van der Waals surface area contributed by atoms with Crippen LogP contribution in [0.4, 0.5) is 0 Å². The SMILES string of the molecule is CC(C)C(C#N)C(=O)NC1CCCOC1. The Morgan fingerprint density at radius 1 is 1.60 bits per heavy atom. The van der Waals surface area contributed by atoms with Gasteiger partial charge in [0.25, 0.3) is 0 Å². The van der Waals surface area contributed by atoms with E-state index in [9.17, 15) is 4.79 Å². The smallest absolute Gasteiger partial charge is 0.237 e. The van der Waals surface area contributed by atoms with Gasteiger partial charge in [-0.1, -0.05) is 13.8 Å². The van der Waals surface area contributed by atoms with Crippen LogP contribution in [0, 0.1) is 23.2 Å². The molecule has 0 aromatic heterocycles. The summed E-state index contributed by atoms with van der Waals surface area (Å²) >= 11 is 0. The highest BCUT2D eigenvalue weighted by Crippen LogP contribution is 2.12. The van der Waals surface area contributed by atoms with E-state index in [0.717, 1.165) is 19.4 Å². The lowest BCUT2D eigenvalue weighted by Gasteiger charge is -2.24. The van der Waals surface area contributed by atoms with Gasteiger partial charge in [-0.25, -0.2) is 0 Å². The molecule has 84 valence electrons. The molecule has 0 aromatic carbocycles. The highest BCUT2D eigenvalue weighted by Gasteiger charge is 2.24. The third-order valence-electron chi connectivity index (χ3n) is 2.59. The van der Waals surface area contributed by atoms with E-state index in [-0.39, 0.29) is 17.9 Å². The van der Waals surface area contributed by atoms with Crippen molar-refractivity contribution in [1.29, 1.82) is 5.26 Å². The van der Waals surface area contributed by atoms with Gasteiger partial charge in [-0.05, 0) is 18.8 Å². The highest BCUT2D eigenvalue weighted by molar-refractivity contribution is 5.81. The summed E-state index contributed by atoms with van der Waals surface area (Å²) in [5, 5.41) is 11.7. The van der Waals surface area contributed by atoms with E-state index in [2.05, 4.69) is 5.32 Å². The van der Waals surface area contributed by atoms with Gasteiger partial charge in [-0.2, -0.15) is 5.26 Å². The Labute approximate surface area is 90.6 Å². The number of carbonyl (C=O) groups excluding carboxylic acids is 1. The van der Waals surface area contributed by atoms with E-state index in [1.807, 2.05) is 19.9 Å². The van der Waals surface area contributed by atoms with Crippen LogP contribution in [-0.2, 0) is 9.53 Å². The zero-order valence-corrected chi connectivity index (χ0v) is 9.32.